The van der Waals surface area contributed by atoms with Crippen LogP contribution in [0.3, 0.4) is 0 Å². The highest BCUT2D eigenvalue weighted by Gasteiger charge is 2.48. The zero-order valence-corrected chi connectivity index (χ0v) is 18.4. The third-order valence-corrected chi connectivity index (χ3v) is 6.99. The van der Waals surface area contributed by atoms with E-state index in [9.17, 15) is 18.0 Å². The summed E-state index contributed by atoms with van der Waals surface area (Å²) in [4.78, 5) is 29.9. The molecule has 1 aliphatic heterocycles. The molecule has 1 aromatic heterocycles. The molecular formula is C22H18ClN3O5S. The number of sulfonamides is 1. The molecule has 2 heterocycles. The second kappa shape index (κ2) is 8.25. The fourth-order valence-electron chi connectivity index (χ4n) is 3.80. The van der Waals surface area contributed by atoms with Crippen molar-refractivity contribution >= 4 is 39.1 Å². The van der Waals surface area contributed by atoms with Gasteiger partial charge in [-0.2, -0.15) is 8.42 Å². The Morgan fingerprint density at radius 2 is 1.88 bits per heavy atom. The van der Waals surface area contributed by atoms with Crippen molar-refractivity contribution in [3.63, 3.8) is 0 Å². The van der Waals surface area contributed by atoms with E-state index in [-0.39, 0.29) is 26.9 Å². The summed E-state index contributed by atoms with van der Waals surface area (Å²) in [5, 5.41) is -0.298. The topological polar surface area (TPSA) is 120 Å². The molecule has 0 fully saturated rings. The van der Waals surface area contributed by atoms with Crippen LogP contribution in [-0.4, -0.2) is 31.8 Å². The van der Waals surface area contributed by atoms with E-state index < -0.39 is 27.8 Å². The molecule has 10 heteroatoms. The summed E-state index contributed by atoms with van der Waals surface area (Å²) >= 11 is 6.26. The Kier molecular flexibility index (Phi) is 5.62. The molecule has 1 aliphatic rings. The summed E-state index contributed by atoms with van der Waals surface area (Å²) in [6, 6.07) is 13.8. The van der Waals surface area contributed by atoms with Crippen LogP contribution >= 0.6 is 11.6 Å². The van der Waals surface area contributed by atoms with Crippen molar-refractivity contribution in [1.82, 2.24) is 4.98 Å². The molecule has 0 radical (unpaired) electrons. The van der Waals surface area contributed by atoms with Gasteiger partial charge >= 0.3 is 0 Å². The molecule has 0 bridgehead atoms. The summed E-state index contributed by atoms with van der Waals surface area (Å²) < 4.78 is 33.2. The standard InChI is InChI=1S/C22H18ClN3O5S/c1-2-31-16-8-4-3-7-13(16)18-20-15(11-10-14(23)19(20)21(24)27)26(22(18)28)32(29,30)17-9-5-6-12-25-17/h3-12,18H,2H2,1H3,(H2,24,27). The molecule has 2 N–H and O–H groups in total. The van der Waals surface area contributed by atoms with Crippen molar-refractivity contribution in [2.75, 3.05) is 10.9 Å². The smallest absolute Gasteiger partial charge is 0.288 e. The van der Waals surface area contributed by atoms with Crippen molar-refractivity contribution < 1.29 is 22.7 Å². The number of primary amides is 1. The first-order chi connectivity index (χ1) is 15.3. The van der Waals surface area contributed by atoms with Crippen molar-refractivity contribution in [2.24, 2.45) is 5.73 Å². The first-order valence-corrected chi connectivity index (χ1v) is 11.4. The maximum atomic E-state index is 13.7. The zero-order chi connectivity index (χ0) is 23.0. The molecule has 2 amide bonds. The Bertz CT molecular complexity index is 1330. The van der Waals surface area contributed by atoms with Gasteiger partial charge in [-0.15, -0.1) is 0 Å². The molecule has 0 saturated carbocycles. The van der Waals surface area contributed by atoms with Gasteiger partial charge in [0, 0.05) is 17.3 Å². The molecule has 4 rings (SSSR count). The van der Waals surface area contributed by atoms with Crippen molar-refractivity contribution in [2.45, 2.75) is 17.9 Å². The minimum atomic E-state index is -4.39. The molecule has 0 spiro atoms. The zero-order valence-electron chi connectivity index (χ0n) is 16.9. The van der Waals surface area contributed by atoms with Crippen LogP contribution in [0.25, 0.3) is 0 Å². The lowest BCUT2D eigenvalue weighted by molar-refractivity contribution is -0.117. The predicted octanol–water partition coefficient (Wildman–Crippen LogP) is 3.10. The number of para-hydroxylation sites is 1. The second-order valence-corrected chi connectivity index (χ2v) is 9.04. The lowest BCUT2D eigenvalue weighted by Crippen LogP contribution is -2.35. The van der Waals surface area contributed by atoms with Crippen molar-refractivity contribution in [1.29, 1.82) is 0 Å². The number of rotatable bonds is 6. The van der Waals surface area contributed by atoms with Gasteiger partial charge in [0.25, 0.3) is 21.8 Å². The fraction of sp³-hybridized carbons (Fsp3) is 0.136. The molecule has 1 unspecified atom stereocenters. The van der Waals surface area contributed by atoms with Gasteiger partial charge in [0.1, 0.15) is 5.75 Å². The molecule has 1 atom stereocenters. The van der Waals surface area contributed by atoms with Crippen LogP contribution in [0.1, 0.15) is 34.3 Å². The van der Waals surface area contributed by atoms with Crippen LogP contribution in [0.5, 0.6) is 5.75 Å². The van der Waals surface area contributed by atoms with Crippen LogP contribution < -0.4 is 14.8 Å². The van der Waals surface area contributed by atoms with Crippen LogP contribution in [0.4, 0.5) is 5.69 Å². The number of halogens is 1. The van der Waals surface area contributed by atoms with E-state index in [0.717, 1.165) is 0 Å². The number of anilines is 1. The summed E-state index contributed by atoms with van der Waals surface area (Å²) in [6.07, 6.45) is 1.31. The maximum Gasteiger partial charge on any atom is 0.288 e. The fourth-order valence-corrected chi connectivity index (χ4v) is 5.45. The number of carbonyl (C=O) groups is 2. The normalized spacial score (nSPS) is 15.5. The average molecular weight is 472 g/mol. The first kappa shape index (κ1) is 21.8. The number of nitrogens with two attached hydrogens (primary N) is 1. The summed E-state index contributed by atoms with van der Waals surface area (Å²) in [5.41, 5.74) is 5.97. The molecule has 0 aliphatic carbocycles. The van der Waals surface area contributed by atoms with Crippen LogP contribution in [0, 0.1) is 0 Å². The number of aromatic nitrogens is 1. The van der Waals surface area contributed by atoms with Crippen LogP contribution in [-0.2, 0) is 14.8 Å². The first-order valence-electron chi connectivity index (χ1n) is 9.63. The number of hydrogen-bond acceptors (Lipinski definition) is 6. The monoisotopic (exact) mass is 471 g/mol. The average Bonchev–Trinajstić information content (AvgIpc) is 3.07. The molecule has 0 saturated heterocycles. The van der Waals surface area contributed by atoms with Crippen LogP contribution in [0.15, 0.2) is 65.8 Å². The Morgan fingerprint density at radius 1 is 1.16 bits per heavy atom. The third-order valence-electron chi connectivity index (χ3n) is 5.04. The molecule has 8 nitrogen and oxygen atoms in total. The van der Waals surface area contributed by atoms with E-state index in [0.29, 0.717) is 22.2 Å². The quantitative estimate of drug-likeness (QED) is 0.589. The SMILES string of the molecule is CCOc1ccccc1C1C(=O)N(S(=O)(=O)c2ccccn2)c2ccc(Cl)c(C(N)=O)c21. The molecular weight excluding hydrogens is 454 g/mol. The third kappa shape index (κ3) is 3.39. The number of fused-ring (bicyclic) bond motifs is 1. The van der Waals surface area contributed by atoms with E-state index in [1.807, 2.05) is 0 Å². The molecule has 164 valence electrons. The Labute approximate surface area is 189 Å². The minimum Gasteiger partial charge on any atom is -0.494 e. The maximum absolute atomic E-state index is 13.7. The highest BCUT2D eigenvalue weighted by atomic mass is 35.5. The number of nitrogens with zero attached hydrogens (tertiary/aromatic N) is 2. The summed E-state index contributed by atoms with van der Waals surface area (Å²) in [6.45, 7) is 2.10. The number of hydrogen-bond donors (Lipinski definition) is 1. The van der Waals surface area contributed by atoms with Gasteiger partial charge in [0.15, 0.2) is 5.03 Å². The van der Waals surface area contributed by atoms with Gasteiger partial charge < -0.3 is 10.5 Å². The molecule has 3 aromatic rings. The van der Waals surface area contributed by atoms with Gasteiger partial charge in [0.05, 0.1) is 28.8 Å². The molecule has 32 heavy (non-hydrogen) atoms. The lowest BCUT2D eigenvalue weighted by Gasteiger charge is -2.18. The van der Waals surface area contributed by atoms with Gasteiger partial charge in [-0.1, -0.05) is 35.9 Å². The van der Waals surface area contributed by atoms with Crippen LogP contribution in [0.2, 0.25) is 5.02 Å². The van der Waals surface area contributed by atoms with Crippen molar-refractivity contribution in [3.05, 3.63) is 82.5 Å². The Hall–Kier alpha value is -3.43. The Balaban J connectivity index is 2.03. The van der Waals surface area contributed by atoms with E-state index in [1.54, 1.807) is 37.3 Å². The lowest BCUT2D eigenvalue weighted by atomic mass is 9.88. The van der Waals surface area contributed by atoms with Gasteiger partial charge in [-0.25, -0.2) is 9.29 Å². The minimum absolute atomic E-state index is 0.00449. The highest BCUT2D eigenvalue weighted by molar-refractivity contribution is 7.93. The number of carbonyl (C=O) groups excluding carboxylic acids is 2. The number of amides is 2. The van der Waals surface area contributed by atoms with E-state index in [2.05, 4.69) is 4.98 Å². The number of ether oxygens (including phenoxy) is 1. The number of benzene rings is 2. The van der Waals surface area contributed by atoms with Gasteiger partial charge in [0.2, 0.25) is 0 Å². The largest absolute Gasteiger partial charge is 0.494 e. The predicted molar refractivity (Wildman–Crippen MR) is 118 cm³/mol. The van der Waals surface area contributed by atoms with Gasteiger partial charge in [-0.3, -0.25) is 9.59 Å². The molecule has 2 aromatic carbocycles. The Morgan fingerprint density at radius 3 is 2.53 bits per heavy atom. The van der Waals surface area contributed by atoms with Gasteiger partial charge in [-0.05, 0) is 37.3 Å². The van der Waals surface area contributed by atoms with E-state index >= 15 is 0 Å². The number of pyridine rings is 1. The summed E-state index contributed by atoms with van der Waals surface area (Å²) in [5.74, 6) is -2.46. The second-order valence-electron chi connectivity index (χ2n) is 6.90. The summed E-state index contributed by atoms with van der Waals surface area (Å²) in [7, 11) is -4.39. The van der Waals surface area contributed by atoms with Crippen molar-refractivity contribution in [3.8, 4) is 5.75 Å². The van der Waals surface area contributed by atoms with E-state index in [4.69, 9.17) is 22.1 Å². The highest BCUT2D eigenvalue weighted by Crippen LogP contribution is 2.48. The van der Waals surface area contributed by atoms with E-state index in [1.165, 1.54) is 30.5 Å².